The summed E-state index contributed by atoms with van der Waals surface area (Å²) in [5.74, 6) is 0.958. The molecule has 0 saturated carbocycles. The second kappa shape index (κ2) is 5.20. The van der Waals surface area contributed by atoms with Crippen LogP contribution in [0, 0.1) is 6.92 Å². The standard InChI is InChI=1S/C10H14O.BrH/c1-8(2)11-10-6-4-5-9(3)7-10;/h4-8H,1-3H3;1H. The van der Waals surface area contributed by atoms with Crippen molar-refractivity contribution < 1.29 is 4.74 Å². The maximum atomic E-state index is 5.50. The zero-order chi connectivity index (χ0) is 8.27. The van der Waals surface area contributed by atoms with Gasteiger partial charge in [-0.15, -0.1) is 17.0 Å². The third kappa shape index (κ3) is 3.77. The summed E-state index contributed by atoms with van der Waals surface area (Å²) in [6.45, 7) is 6.12. The molecule has 2 heteroatoms. The van der Waals surface area contributed by atoms with E-state index in [4.69, 9.17) is 4.74 Å². The van der Waals surface area contributed by atoms with Crippen LogP contribution in [0.4, 0.5) is 0 Å². The summed E-state index contributed by atoms with van der Waals surface area (Å²) in [7, 11) is 0. The summed E-state index contributed by atoms with van der Waals surface area (Å²) >= 11 is 0. The van der Waals surface area contributed by atoms with Crippen LogP contribution < -0.4 is 4.74 Å². The van der Waals surface area contributed by atoms with Gasteiger partial charge >= 0.3 is 0 Å². The van der Waals surface area contributed by atoms with E-state index in [2.05, 4.69) is 13.0 Å². The van der Waals surface area contributed by atoms with Crippen molar-refractivity contribution in [2.45, 2.75) is 26.9 Å². The van der Waals surface area contributed by atoms with E-state index in [0.29, 0.717) is 0 Å². The zero-order valence-corrected chi connectivity index (χ0v) is 9.42. The molecule has 1 aromatic carbocycles. The Morgan fingerprint density at radius 2 is 1.92 bits per heavy atom. The van der Waals surface area contributed by atoms with Gasteiger partial charge in [0.2, 0.25) is 0 Å². The molecular weight excluding hydrogens is 216 g/mol. The summed E-state index contributed by atoms with van der Waals surface area (Å²) in [6, 6.07) is 8.09. The molecule has 0 radical (unpaired) electrons. The van der Waals surface area contributed by atoms with Crippen molar-refractivity contribution in [2.75, 3.05) is 0 Å². The summed E-state index contributed by atoms with van der Waals surface area (Å²) in [5.41, 5.74) is 1.24. The molecule has 0 heterocycles. The maximum absolute atomic E-state index is 5.50. The molecule has 0 unspecified atom stereocenters. The van der Waals surface area contributed by atoms with Crippen molar-refractivity contribution >= 4 is 17.0 Å². The Balaban J connectivity index is 0.00000121. The second-order valence-corrected chi connectivity index (χ2v) is 2.98. The number of hydrogen-bond donors (Lipinski definition) is 0. The minimum Gasteiger partial charge on any atom is -0.491 e. The van der Waals surface area contributed by atoms with E-state index < -0.39 is 0 Å². The molecule has 0 spiro atoms. The van der Waals surface area contributed by atoms with Gasteiger partial charge in [-0.25, -0.2) is 0 Å². The number of halogens is 1. The van der Waals surface area contributed by atoms with Crippen LogP contribution in [-0.2, 0) is 0 Å². The normalized spacial score (nSPS) is 9.33. The molecule has 1 aromatic rings. The van der Waals surface area contributed by atoms with Crippen LogP contribution in [0.3, 0.4) is 0 Å². The molecule has 68 valence electrons. The first kappa shape index (κ1) is 11.5. The van der Waals surface area contributed by atoms with E-state index in [-0.39, 0.29) is 23.1 Å². The van der Waals surface area contributed by atoms with Gasteiger partial charge in [-0.05, 0) is 38.5 Å². The average molecular weight is 231 g/mol. The van der Waals surface area contributed by atoms with Gasteiger partial charge in [0.1, 0.15) is 5.75 Å². The van der Waals surface area contributed by atoms with Crippen LogP contribution in [0.25, 0.3) is 0 Å². The highest BCUT2D eigenvalue weighted by Crippen LogP contribution is 2.13. The van der Waals surface area contributed by atoms with Crippen molar-refractivity contribution in [3.63, 3.8) is 0 Å². The van der Waals surface area contributed by atoms with E-state index in [0.717, 1.165) is 5.75 Å². The fourth-order valence-electron chi connectivity index (χ4n) is 0.961. The molecule has 12 heavy (non-hydrogen) atoms. The quantitative estimate of drug-likeness (QED) is 0.758. The molecule has 1 nitrogen and oxygen atoms in total. The lowest BCUT2D eigenvalue weighted by atomic mass is 10.2. The fourth-order valence-corrected chi connectivity index (χ4v) is 0.961. The predicted octanol–water partition coefficient (Wildman–Crippen LogP) is 3.36. The summed E-state index contributed by atoms with van der Waals surface area (Å²) in [6.07, 6.45) is 0.261. The number of benzene rings is 1. The van der Waals surface area contributed by atoms with Gasteiger partial charge in [0.05, 0.1) is 6.10 Å². The van der Waals surface area contributed by atoms with Crippen molar-refractivity contribution in [3.8, 4) is 5.75 Å². The SMILES string of the molecule is Br.Cc1cccc(OC(C)C)c1. The molecule has 0 aliphatic heterocycles. The molecular formula is C10H15BrO. The maximum Gasteiger partial charge on any atom is 0.119 e. The van der Waals surface area contributed by atoms with E-state index in [9.17, 15) is 0 Å². The number of hydrogen-bond acceptors (Lipinski definition) is 1. The summed E-state index contributed by atoms with van der Waals surface area (Å²) < 4.78 is 5.50. The van der Waals surface area contributed by atoms with Crippen molar-refractivity contribution in [1.29, 1.82) is 0 Å². The number of rotatable bonds is 2. The molecule has 0 amide bonds. The van der Waals surface area contributed by atoms with Gasteiger partial charge in [-0.1, -0.05) is 12.1 Å². The molecule has 0 N–H and O–H groups in total. The Hall–Kier alpha value is -0.500. The molecule has 0 saturated heterocycles. The highest BCUT2D eigenvalue weighted by molar-refractivity contribution is 8.93. The smallest absolute Gasteiger partial charge is 0.119 e. The first-order valence-corrected chi connectivity index (χ1v) is 3.92. The lowest BCUT2D eigenvalue weighted by Crippen LogP contribution is -2.05. The molecule has 0 atom stereocenters. The molecule has 0 aromatic heterocycles. The molecule has 0 fully saturated rings. The van der Waals surface area contributed by atoms with E-state index in [1.807, 2.05) is 32.0 Å². The lowest BCUT2D eigenvalue weighted by Gasteiger charge is -2.09. The van der Waals surface area contributed by atoms with Crippen molar-refractivity contribution in [3.05, 3.63) is 29.8 Å². The second-order valence-electron chi connectivity index (χ2n) is 2.98. The van der Waals surface area contributed by atoms with Crippen LogP contribution in [0.1, 0.15) is 19.4 Å². The zero-order valence-electron chi connectivity index (χ0n) is 7.70. The summed E-state index contributed by atoms with van der Waals surface area (Å²) in [5, 5.41) is 0. The fraction of sp³-hybridized carbons (Fsp3) is 0.400. The monoisotopic (exact) mass is 230 g/mol. The van der Waals surface area contributed by atoms with E-state index in [1.165, 1.54) is 5.56 Å². The van der Waals surface area contributed by atoms with Crippen molar-refractivity contribution in [1.82, 2.24) is 0 Å². The highest BCUT2D eigenvalue weighted by atomic mass is 79.9. The molecule has 0 aliphatic carbocycles. The number of ether oxygens (including phenoxy) is 1. The van der Waals surface area contributed by atoms with Gasteiger partial charge in [0.15, 0.2) is 0 Å². The minimum atomic E-state index is 0. The molecule has 0 aliphatic rings. The largest absolute Gasteiger partial charge is 0.491 e. The average Bonchev–Trinajstić information content (AvgIpc) is 1.85. The van der Waals surface area contributed by atoms with Crippen LogP contribution in [0.15, 0.2) is 24.3 Å². The Morgan fingerprint density at radius 3 is 2.42 bits per heavy atom. The Kier molecular flexibility index (Phi) is 4.98. The Morgan fingerprint density at radius 1 is 1.25 bits per heavy atom. The van der Waals surface area contributed by atoms with Crippen LogP contribution in [-0.4, -0.2) is 6.10 Å². The topological polar surface area (TPSA) is 9.23 Å². The third-order valence-electron chi connectivity index (χ3n) is 1.36. The van der Waals surface area contributed by atoms with Crippen LogP contribution in [0.2, 0.25) is 0 Å². The van der Waals surface area contributed by atoms with E-state index in [1.54, 1.807) is 0 Å². The minimum absolute atomic E-state index is 0. The van der Waals surface area contributed by atoms with Gasteiger partial charge in [-0.3, -0.25) is 0 Å². The van der Waals surface area contributed by atoms with Crippen LogP contribution >= 0.6 is 17.0 Å². The summed E-state index contributed by atoms with van der Waals surface area (Å²) in [4.78, 5) is 0. The first-order chi connectivity index (χ1) is 5.18. The molecule has 1 rings (SSSR count). The van der Waals surface area contributed by atoms with Gasteiger partial charge in [0, 0.05) is 0 Å². The first-order valence-electron chi connectivity index (χ1n) is 3.92. The Labute approximate surface area is 84.5 Å². The van der Waals surface area contributed by atoms with Crippen LogP contribution in [0.5, 0.6) is 5.75 Å². The van der Waals surface area contributed by atoms with Gasteiger partial charge < -0.3 is 4.74 Å². The lowest BCUT2D eigenvalue weighted by molar-refractivity contribution is 0.242. The molecule has 0 bridgehead atoms. The number of aryl methyl sites for hydroxylation is 1. The predicted molar refractivity (Wildman–Crippen MR) is 57.3 cm³/mol. The highest BCUT2D eigenvalue weighted by Gasteiger charge is 1.95. The van der Waals surface area contributed by atoms with Gasteiger partial charge in [0.25, 0.3) is 0 Å². The van der Waals surface area contributed by atoms with Gasteiger partial charge in [-0.2, -0.15) is 0 Å². The van der Waals surface area contributed by atoms with E-state index >= 15 is 0 Å². The Bertz CT molecular complexity index is 233. The third-order valence-corrected chi connectivity index (χ3v) is 1.36. The van der Waals surface area contributed by atoms with Crippen molar-refractivity contribution in [2.24, 2.45) is 0 Å².